The summed E-state index contributed by atoms with van der Waals surface area (Å²) in [6, 6.07) is 5.88. The van der Waals surface area contributed by atoms with E-state index in [1.54, 1.807) is 12.1 Å². The fourth-order valence-electron chi connectivity index (χ4n) is 1.48. The number of benzene rings is 1. The second-order valence-electron chi connectivity index (χ2n) is 3.41. The highest BCUT2D eigenvalue weighted by molar-refractivity contribution is 5.63. The molecule has 0 atom stereocenters. The van der Waals surface area contributed by atoms with Crippen LogP contribution in [0, 0.1) is 11.6 Å². The summed E-state index contributed by atoms with van der Waals surface area (Å²) in [6.45, 7) is 0.276. The number of nitrogens with zero attached hydrogens (tertiary/aromatic N) is 1. The third kappa shape index (κ3) is 2.06. The smallest absolute Gasteiger partial charge is 0.142 e. The highest BCUT2D eigenvalue weighted by Crippen LogP contribution is 2.23. The molecule has 4 heteroatoms. The monoisotopic (exact) mass is 220 g/mol. The van der Waals surface area contributed by atoms with Gasteiger partial charge < -0.3 is 5.73 Å². The number of halogens is 2. The van der Waals surface area contributed by atoms with Crippen molar-refractivity contribution in [3.8, 4) is 11.1 Å². The Hall–Kier alpha value is -1.81. The van der Waals surface area contributed by atoms with Crippen LogP contribution in [0.3, 0.4) is 0 Å². The Labute approximate surface area is 91.7 Å². The lowest BCUT2D eigenvalue weighted by Gasteiger charge is -2.04. The van der Waals surface area contributed by atoms with Crippen LogP contribution in [-0.4, -0.2) is 4.98 Å². The third-order valence-electron chi connectivity index (χ3n) is 2.29. The normalized spacial score (nSPS) is 10.4. The molecule has 0 unspecified atom stereocenters. The summed E-state index contributed by atoms with van der Waals surface area (Å²) >= 11 is 0. The molecule has 16 heavy (non-hydrogen) atoms. The van der Waals surface area contributed by atoms with E-state index in [0.29, 0.717) is 16.7 Å². The van der Waals surface area contributed by atoms with Gasteiger partial charge in [-0.25, -0.2) is 8.78 Å². The van der Waals surface area contributed by atoms with E-state index in [9.17, 15) is 8.78 Å². The summed E-state index contributed by atoms with van der Waals surface area (Å²) in [7, 11) is 0. The molecular weight excluding hydrogens is 210 g/mol. The van der Waals surface area contributed by atoms with Crippen LogP contribution in [0.5, 0.6) is 0 Å². The maximum Gasteiger partial charge on any atom is 0.142 e. The number of hydrogen-bond donors (Lipinski definition) is 1. The van der Waals surface area contributed by atoms with Crippen molar-refractivity contribution < 1.29 is 8.78 Å². The second kappa shape index (κ2) is 4.37. The van der Waals surface area contributed by atoms with Gasteiger partial charge in [0.05, 0.1) is 6.20 Å². The summed E-state index contributed by atoms with van der Waals surface area (Å²) in [5, 5.41) is 0. The molecule has 2 N–H and O–H groups in total. The zero-order valence-electron chi connectivity index (χ0n) is 8.45. The van der Waals surface area contributed by atoms with Crippen molar-refractivity contribution in [1.29, 1.82) is 0 Å². The van der Waals surface area contributed by atoms with Gasteiger partial charge in [0, 0.05) is 23.9 Å². The van der Waals surface area contributed by atoms with E-state index in [0.717, 1.165) is 6.20 Å². The van der Waals surface area contributed by atoms with Gasteiger partial charge in [-0.3, -0.25) is 4.98 Å². The molecule has 0 radical (unpaired) electrons. The lowest BCUT2D eigenvalue weighted by molar-refractivity contribution is 0.619. The zero-order chi connectivity index (χ0) is 11.5. The average Bonchev–Trinajstić information content (AvgIpc) is 2.28. The van der Waals surface area contributed by atoms with Crippen molar-refractivity contribution in [2.75, 3.05) is 0 Å². The van der Waals surface area contributed by atoms with E-state index in [1.807, 2.05) is 0 Å². The number of nitrogens with two attached hydrogens (primary N) is 1. The van der Waals surface area contributed by atoms with Gasteiger partial charge in [-0.1, -0.05) is 12.1 Å². The molecule has 0 saturated carbocycles. The Kier molecular flexibility index (Phi) is 2.92. The molecule has 0 bridgehead atoms. The predicted molar refractivity (Wildman–Crippen MR) is 57.5 cm³/mol. The van der Waals surface area contributed by atoms with Crippen LogP contribution < -0.4 is 5.73 Å². The van der Waals surface area contributed by atoms with Crippen LogP contribution in [0.15, 0.2) is 36.7 Å². The van der Waals surface area contributed by atoms with Crippen molar-refractivity contribution in [2.24, 2.45) is 5.73 Å². The van der Waals surface area contributed by atoms with Crippen molar-refractivity contribution >= 4 is 0 Å². The topological polar surface area (TPSA) is 38.9 Å². The van der Waals surface area contributed by atoms with Gasteiger partial charge >= 0.3 is 0 Å². The van der Waals surface area contributed by atoms with Gasteiger partial charge in [0.2, 0.25) is 0 Å². The molecule has 0 aliphatic rings. The molecule has 82 valence electrons. The number of aromatic nitrogens is 1. The lowest BCUT2D eigenvalue weighted by atomic mass is 10.0. The van der Waals surface area contributed by atoms with Crippen molar-refractivity contribution in [3.63, 3.8) is 0 Å². The van der Waals surface area contributed by atoms with Gasteiger partial charge in [-0.15, -0.1) is 0 Å². The Morgan fingerprint density at radius 3 is 2.56 bits per heavy atom. The first kappa shape index (κ1) is 10.7. The number of hydrogen-bond acceptors (Lipinski definition) is 2. The molecule has 2 rings (SSSR count). The Balaban J connectivity index is 2.48. The summed E-state index contributed by atoms with van der Waals surface area (Å²) in [5.41, 5.74) is 6.83. The highest BCUT2D eigenvalue weighted by Gasteiger charge is 2.06. The van der Waals surface area contributed by atoms with E-state index >= 15 is 0 Å². The van der Waals surface area contributed by atoms with Crippen LogP contribution in [0.25, 0.3) is 11.1 Å². The van der Waals surface area contributed by atoms with Gasteiger partial charge in [-0.2, -0.15) is 0 Å². The van der Waals surface area contributed by atoms with E-state index in [1.165, 1.54) is 18.3 Å². The molecule has 0 amide bonds. The average molecular weight is 220 g/mol. The molecule has 0 saturated heterocycles. The molecule has 0 aliphatic heterocycles. The molecular formula is C12H10F2N2. The van der Waals surface area contributed by atoms with Gasteiger partial charge in [0.1, 0.15) is 11.6 Å². The molecule has 0 spiro atoms. The molecule has 1 aromatic heterocycles. The summed E-state index contributed by atoms with van der Waals surface area (Å²) in [5.74, 6) is -0.907. The van der Waals surface area contributed by atoms with E-state index in [2.05, 4.69) is 4.98 Å². The summed E-state index contributed by atoms with van der Waals surface area (Å²) in [6.07, 6.45) is 2.50. The van der Waals surface area contributed by atoms with E-state index in [-0.39, 0.29) is 6.54 Å². The quantitative estimate of drug-likeness (QED) is 0.844. The fraction of sp³-hybridized carbons (Fsp3) is 0.0833. The third-order valence-corrected chi connectivity index (χ3v) is 2.29. The largest absolute Gasteiger partial charge is 0.326 e. The van der Waals surface area contributed by atoms with Crippen LogP contribution in [0.4, 0.5) is 8.78 Å². The zero-order valence-corrected chi connectivity index (χ0v) is 8.45. The fourth-order valence-corrected chi connectivity index (χ4v) is 1.48. The molecule has 1 aromatic carbocycles. The SMILES string of the molecule is NCc1ccc(-c2cncc(F)c2)c(F)c1. The van der Waals surface area contributed by atoms with E-state index < -0.39 is 11.6 Å². The lowest BCUT2D eigenvalue weighted by Crippen LogP contribution is -1.97. The van der Waals surface area contributed by atoms with Crippen molar-refractivity contribution in [2.45, 2.75) is 6.54 Å². The molecule has 0 aliphatic carbocycles. The second-order valence-corrected chi connectivity index (χ2v) is 3.41. The van der Waals surface area contributed by atoms with Gasteiger partial charge in [0.15, 0.2) is 0 Å². The first-order valence-corrected chi connectivity index (χ1v) is 4.80. The predicted octanol–water partition coefficient (Wildman–Crippen LogP) is 2.49. The Morgan fingerprint density at radius 1 is 1.12 bits per heavy atom. The molecule has 2 aromatic rings. The minimum Gasteiger partial charge on any atom is -0.326 e. The van der Waals surface area contributed by atoms with E-state index in [4.69, 9.17) is 5.73 Å². The maximum atomic E-state index is 13.6. The van der Waals surface area contributed by atoms with Gasteiger partial charge in [0.25, 0.3) is 0 Å². The van der Waals surface area contributed by atoms with Crippen molar-refractivity contribution in [3.05, 3.63) is 53.9 Å². The number of pyridine rings is 1. The Morgan fingerprint density at radius 2 is 1.94 bits per heavy atom. The first-order valence-electron chi connectivity index (χ1n) is 4.80. The van der Waals surface area contributed by atoms with Crippen LogP contribution in [-0.2, 0) is 6.54 Å². The summed E-state index contributed by atoms with van der Waals surface area (Å²) < 4.78 is 26.6. The Bertz CT molecular complexity index is 512. The van der Waals surface area contributed by atoms with Crippen molar-refractivity contribution in [1.82, 2.24) is 4.98 Å². The van der Waals surface area contributed by atoms with Crippen LogP contribution >= 0.6 is 0 Å². The molecule has 0 fully saturated rings. The molecule has 1 heterocycles. The van der Waals surface area contributed by atoms with Crippen LogP contribution in [0.1, 0.15) is 5.56 Å². The van der Waals surface area contributed by atoms with Gasteiger partial charge in [-0.05, 0) is 17.7 Å². The minimum atomic E-state index is -0.486. The first-order chi connectivity index (χ1) is 7.70. The maximum absolute atomic E-state index is 13.6. The summed E-state index contributed by atoms with van der Waals surface area (Å²) in [4.78, 5) is 3.68. The minimum absolute atomic E-state index is 0.276. The molecule has 2 nitrogen and oxygen atoms in total. The highest BCUT2D eigenvalue weighted by atomic mass is 19.1. The van der Waals surface area contributed by atoms with Crippen LogP contribution in [0.2, 0.25) is 0 Å². The number of rotatable bonds is 2. The standard InChI is InChI=1S/C12H10F2N2/c13-10-4-9(6-16-7-10)11-2-1-8(5-15)3-12(11)14/h1-4,6-7H,5,15H2.